The summed E-state index contributed by atoms with van der Waals surface area (Å²) in [4.78, 5) is 31.0. The monoisotopic (exact) mass is 486 g/mol. The Morgan fingerprint density at radius 1 is 1.14 bits per heavy atom. The molecule has 0 spiro atoms. The van der Waals surface area contributed by atoms with Crippen molar-refractivity contribution in [3.63, 3.8) is 0 Å². The first kappa shape index (κ1) is 21.8. The zero-order chi connectivity index (χ0) is 23.8. The van der Waals surface area contributed by atoms with E-state index in [1.54, 1.807) is 18.5 Å². The Balaban J connectivity index is 1.24. The van der Waals surface area contributed by atoms with Crippen molar-refractivity contribution in [2.24, 2.45) is 0 Å². The molecule has 3 aromatic heterocycles. The highest BCUT2D eigenvalue weighted by Crippen LogP contribution is 2.33. The fourth-order valence-corrected chi connectivity index (χ4v) is 4.82. The van der Waals surface area contributed by atoms with Gasteiger partial charge in [0.15, 0.2) is 0 Å². The molecule has 8 nitrogen and oxygen atoms in total. The SMILES string of the molecule is O=C(Nc1cc(Cl)cc2c1[nH]c1cnccc12)C1COCCN1Cc1cnc(-c2ccccc2)[nH]1. The molecule has 176 valence electrons. The van der Waals surface area contributed by atoms with Crippen LogP contribution in [-0.2, 0) is 16.1 Å². The Kier molecular flexibility index (Phi) is 5.69. The van der Waals surface area contributed by atoms with Crippen LogP contribution in [0, 0.1) is 0 Å². The molecule has 0 aliphatic carbocycles. The number of halogens is 1. The number of imidazole rings is 1. The maximum absolute atomic E-state index is 13.4. The maximum Gasteiger partial charge on any atom is 0.244 e. The quantitative estimate of drug-likeness (QED) is 0.337. The number of pyridine rings is 1. The van der Waals surface area contributed by atoms with Crippen LogP contribution in [0.3, 0.4) is 0 Å². The van der Waals surface area contributed by atoms with E-state index in [1.165, 1.54) is 0 Å². The molecule has 9 heteroatoms. The van der Waals surface area contributed by atoms with Gasteiger partial charge in [-0.2, -0.15) is 0 Å². The van der Waals surface area contributed by atoms with Crippen molar-refractivity contribution in [2.45, 2.75) is 12.6 Å². The largest absolute Gasteiger partial charge is 0.378 e. The van der Waals surface area contributed by atoms with Gasteiger partial charge < -0.3 is 20.0 Å². The number of carbonyl (C=O) groups is 1. The van der Waals surface area contributed by atoms with E-state index in [0.717, 1.165) is 38.9 Å². The number of ether oxygens (including phenoxy) is 1. The van der Waals surface area contributed by atoms with E-state index in [-0.39, 0.29) is 5.91 Å². The van der Waals surface area contributed by atoms with Crippen molar-refractivity contribution >= 4 is 45.0 Å². The average molecular weight is 487 g/mol. The lowest BCUT2D eigenvalue weighted by molar-refractivity contribution is -0.127. The van der Waals surface area contributed by atoms with Gasteiger partial charge >= 0.3 is 0 Å². The van der Waals surface area contributed by atoms with Gasteiger partial charge in [-0.05, 0) is 18.2 Å². The number of nitrogens with one attached hydrogen (secondary N) is 3. The number of rotatable bonds is 5. The number of amides is 1. The summed E-state index contributed by atoms with van der Waals surface area (Å²) in [7, 11) is 0. The number of fused-ring (bicyclic) bond motifs is 3. The first-order valence-electron chi connectivity index (χ1n) is 11.4. The molecular formula is C26H23ClN6O2. The number of hydrogen-bond donors (Lipinski definition) is 3. The zero-order valence-electron chi connectivity index (χ0n) is 18.8. The topological polar surface area (TPSA) is 98.9 Å². The smallest absolute Gasteiger partial charge is 0.244 e. The van der Waals surface area contributed by atoms with Crippen molar-refractivity contribution < 1.29 is 9.53 Å². The summed E-state index contributed by atoms with van der Waals surface area (Å²) in [5.41, 5.74) is 4.30. The van der Waals surface area contributed by atoms with Crippen LogP contribution < -0.4 is 5.32 Å². The fraction of sp³-hybridized carbons (Fsp3) is 0.192. The summed E-state index contributed by atoms with van der Waals surface area (Å²) in [6.07, 6.45) is 5.33. The molecule has 6 rings (SSSR count). The van der Waals surface area contributed by atoms with E-state index in [2.05, 4.69) is 30.2 Å². The van der Waals surface area contributed by atoms with Crippen molar-refractivity contribution in [3.05, 3.63) is 77.8 Å². The molecule has 1 aliphatic heterocycles. The van der Waals surface area contributed by atoms with Gasteiger partial charge in [0, 0.05) is 52.5 Å². The third-order valence-corrected chi connectivity index (χ3v) is 6.54. The molecule has 1 fully saturated rings. The van der Waals surface area contributed by atoms with Crippen LogP contribution in [0.2, 0.25) is 5.02 Å². The Morgan fingerprint density at radius 2 is 2.03 bits per heavy atom. The summed E-state index contributed by atoms with van der Waals surface area (Å²) in [5.74, 6) is 0.664. The van der Waals surface area contributed by atoms with Gasteiger partial charge in [-0.25, -0.2) is 4.98 Å². The van der Waals surface area contributed by atoms with Gasteiger partial charge in [0.1, 0.15) is 11.9 Å². The lowest BCUT2D eigenvalue weighted by Gasteiger charge is -2.34. The lowest BCUT2D eigenvalue weighted by Crippen LogP contribution is -2.51. The van der Waals surface area contributed by atoms with Gasteiger partial charge in [-0.3, -0.25) is 14.7 Å². The number of H-pyrrole nitrogens is 2. The number of benzene rings is 2. The Labute approximate surface area is 206 Å². The Bertz CT molecular complexity index is 1510. The van der Waals surface area contributed by atoms with Crippen LogP contribution in [-0.4, -0.2) is 56.5 Å². The van der Waals surface area contributed by atoms with E-state index in [0.29, 0.717) is 37.0 Å². The summed E-state index contributed by atoms with van der Waals surface area (Å²) >= 11 is 6.41. The number of hydrogen-bond acceptors (Lipinski definition) is 5. The highest BCUT2D eigenvalue weighted by Gasteiger charge is 2.30. The second kappa shape index (κ2) is 9.14. The highest BCUT2D eigenvalue weighted by molar-refractivity contribution is 6.33. The zero-order valence-corrected chi connectivity index (χ0v) is 19.5. The van der Waals surface area contributed by atoms with Crippen molar-refractivity contribution in [2.75, 3.05) is 25.1 Å². The molecule has 1 unspecified atom stereocenters. The number of aromatic nitrogens is 4. The fourth-order valence-electron chi connectivity index (χ4n) is 4.60. The molecule has 1 saturated heterocycles. The molecule has 2 aromatic carbocycles. The van der Waals surface area contributed by atoms with Crippen LogP contribution in [0.4, 0.5) is 5.69 Å². The second-order valence-corrected chi connectivity index (χ2v) is 9.03. The average Bonchev–Trinajstić information content (AvgIpc) is 3.50. The van der Waals surface area contributed by atoms with Crippen LogP contribution in [0.5, 0.6) is 0 Å². The summed E-state index contributed by atoms with van der Waals surface area (Å²) in [5, 5.41) is 5.57. The maximum atomic E-state index is 13.4. The van der Waals surface area contributed by atoms with Crippen LogP contribution in [0.1, 0.15) is 5.69 Å². The first-order valence-corrected chi connectivity index (χ1v) is 11.8. The Hall–Kier alpha value is -3.72. The van der Waals surface area contributed by atoms with E-state index >= 15 is 0 Å². The predicted octanol–water partition coefficient (Wildman–Crippen LogP) is 4.60. The van der Waals surface area contributed by atoms with E-state index in [1.807, 2.05) is 48.7 Å². The number of nitrogens with zero attached hydrogens (tertiary/aromatic N) is 3. The number of carbonyl (C=O) groups excluding carboxylic acids is 1. The predicted molar refractivity (Wildman–Crippen MR) is 136 cm³/mol. The van der Waals surface area contributed by atoms with Gasteiger partial charge in [0.05, 0.1) is 36.1 Å². The highest BCUT2D eigenvalue weighted by atomic mass is 35.5. The van der Waals surface area contributed by atoms with Gasteiger partial charge in [0.2, 0.25) is 5.91 Å². The summed E-state index contributed by atoms with van der Waals surface area (Å²) < 4.78 is 5.67. The van der Waals surface area contributed by atoms with Crippen molar-refractivity contribution in [1.82, 2.24) is 24.8 Å². The summed E-state index contributed by atoms with van der Waals surface area (Å²) in [6.45, 7) is 2.08. The minimum atomic E-state index is -0.452. The molecule has 1 amide bonds. The molecule has 5 aromatic rings. The minimum Gasteiger partial charge on any atom is -0.378 e. The van der Waals surface area contributed by atoms with Crippen LogP contribution >= 0.6 is 11.6 Å². The van der Waals surface area contributed by atoms with Crippen LogP contribution in [0.25, 0.3) is 33.2 Å². The number of anilines is 1. The van der Waals surface area contributed by atoms with E-state index in [9.17, 15) is 4.79 Å². The van der Waals surface area contributed by atoms with Gasteiger partial charge in [-0.15, -0.1) is 0 Å². The third-order valence-electron chi connectivity index (χ3n) is 6.32. The second-order valence-electron chi connectivity index (χ2n) is 8.60. The molecule has 4 heterocycles. The lowest BCUT2D eigenvalue weighted by atomic mass is 10.1. The molecule has 0 bridgehead atoms. The molecule has 3 N–H and O–H groups in total. The molecule has 35 heavy (non-hydrogen) atoms. The Morgan fingerprint density at radius 3 is 2.91 bits per heavy atom. The molecule has 0 radical (unpaired) electrons. The van der Waals surface area contributed by atoms with Crippen molar-refractivity contribution in [3.8, 4) is 11.4 Å². The van der Waals surface area contributed by atoms with Gasteiger partial charge in [-0.1, -0.05) is 41.9 Å². The first-order chi connectivity index (χ1) is 17.2. The molecule has 0 saturated carbocycles. The molecular weight excluding hydrogens is 464 g/mol. The molecule has 1 aliphatic rings. The van der Waals surface area contributed by atoms with Crippen LogP contribution in [0.15, 0.2) is 67.1 Å². The summed E-state index contributed by atoms with van der Waals surface area (Å²) in [6, 6.07) is 15.1. The third kappa shape index (κ3) is 4.27. The van der Waals surface area contributed by atoms with Crippen molar-refractivity contribution in [1.29, 1.82) is 0 Å². The van der Waals surface area contributed by atoms with Gasteiger partial charge in [0.25, 0.3) is 0 Å². The number of aromatic amines is 2. The van der Waals surface area contributed by atoms with E-state index < -0.39 is 6.04 Å². The minimum absolute atomic E-state index is 0.146. The molecule has 1 atom stereocenters. The number of morpholine rings is 1. The normalized spacial score (nSPS) is 16.7. The standard InChI is InChI=1S/C26H23ClN6O2/c27-17-10-20-19-6-7-28-13-22(19)31-24(20)21(11-17)32-26(34)23-15-35-9-8-33(23)14-18-12-29-25(30-18)16-4-2-1-3-5-16/h1-7,10-13,23,31H,8-9,14-15H2,(H,29,30)(H,32,34). The van der Waals surface area contributed by atoms with E-state index in [4.69, 9.17) is 16.3 Å².